The molecular formula is C99H121N6O6+3. The Labute approximate surface area is 662 Å². The molecule has 0 fully saturated rings. The van der Waals surface area contributed by atoms with Crippen LogP contribution in [0.4, 0.5) is 34.1 Å². The summed E-state index contributed by atoms with van der Waals surface area (Å²) < 4.78 is 6.94. The van der Waals surface area contributed by atoms with Gasteiger partial charge in [0.1, 0.15) is 21.1 Å². The van der Waals surface area contributed by atoms with Crippen molar-refractivity contribution < 1.29 is 43.4 Å². The summed E-state index contributed by atoms with van der Waals surface area (Å²) in [5.74, 6) is -2.13. The van der Waals surface area contributed by atoms with Gasteiger partial charge in [0.15, 0.2) is 17.1 Å². The highest BCUT2D eigenvalue weighted by Crippen LogP contribution is 2.51. The number of hydrogen-bond acceptors (Lipinski definition) is 6. The van der Waals surface area contributed by atoms with Crippen LogP contribution in [0.5, 0.6) is 0 Å². The molecule has 7 aliphatic rings. The zero-order chi connectivity index (χ0) is 79.6. The maximum atomic E-state index is 10.9. The van der Waals surface area contributed by atoms with Crippen LogP contribution in [0.2, 0.25) is 0 Å². The van der Waals surface area contributed by atoms with E-state index >= 15 is 0 Å². The van der Waals surface area contributed by atoms with Gasteiger partial charge in [0.25, 0.3) is 0 Å². The van der Waals surface area contributed by atoms with E-state index in [9.17, 15) is 14.4 Å². The lowest BCUT2D eigenvalue weighted by Gasteiger charge is -2.27. The molecular weight excluding hydrogens is 1370 g/mol. The molecule has 0 unspecified atom stereocenters. The van der Waals surface area contributed by atoms with Gasteiger partial charge in [-0.05, 0) is 164 Å². The largest absolute Gasteiger partial charge is 0.481 e. The fourth-order valence-electron chi connectivity index (χ4n) is 18.3. The lowest BCUT2D eigenvalue weighted by Crippen LogP contribution is -2.27. The van der Waals surface area contributed by atoms with Gasteiger partial charge in [0.05, 0.1) is 16.2 Å². The number of benzene rings is 6. The number of rotatable bonds is 26. The van der Waals surface area contributed by atoms with Crippen LogP contribution >= 0.6 is 0 Å². The zero-order valence-corrected chi connectivity index (χ0v) is 68.8. The predicted molar refractivity (Wildman–Crippen MR) is 461 cm³/mol. The Hall–Kier alpha value is -10.2. The quantitative estimate of drug-likeness (QED) is 0.0276. The SMILES string of the molecule is C[N+]1=C(C=CC2=CC(=CC=C3N(CCCCCC(=O)O)c4ccccc4C3(C)C)CCC2)C(C)(C)c2ccccc21.C[N+]1=C(C=CC=C2N(CCCCCC(=O)O)c3ccccc3C2(C)C)C(C)(C)c2ccccc21.C[N+]1=C(C=CC=CC=C2N(CCCCCC(=O)O)c3ccccc3C2(C)C)C(C)(C)c2ccccc21. The molecule has 3 N–H and O–H groups in total. The van der Waals surface area contributed by atoms with E-state index < -0.39 is 17.9 Å². The summed E-state index contributed by atoms with van der Waals surface area (Å²) in [5.41, 5.74) is 26.1. The van der Waals surface area contributed by atoms with E-state index in [-0.39, 0.29) is 51.8 Å². The molecule has 6 aliphatic heterocycles. The van der Waals surface area contributed by atoms with Gasteiger partial charge in [-0.1, -0.05) is 213 Å². The maximum absolute atomic E-state index is 10.9. The Morgan fingerprint density at radius 1 is 0.342 bits per heavy atom. The molecule has 0 aromatic heterocycles. The number of para-hydroxylation sites is 6. The van der Waals surface area contributed by atoms with Crippen molar-refractivity contribution in [2.75, 3.05) is 55.5 Å². The first-order valence-electron chi connectivity index (χ1n) is 40.5. The normalized spacial score (nSPS) is 19.8. The summed E-state index contributed by atoms with van der Waals surface area (Å²) in [6.45, 7) is 30.3. The highest BCUT2D eigenvalue weighted by molar-refractivity contribution is 6.05. The molecule has 111 heavy (non-hydrogen) atoms. The molecule has 0 bridgehead atoms. The number of hydrogen-bond donors (Lipinski definition) is 3. The number of unbranched alkanes of at least 4 members (excludes halogenated alkanes) is 6. The molecule has 12 heteroatoms. The molecule has 0 spiro atoms. The fourth-order valence-corrected chi connectivity index (χ4v) is 18.3. The van der Waals surface area contributed by atoms with E-state index in [1.165, 1.54) is 113 Å². The van der Waals surface area contributed by atoms with Crippen LogP contribution in [-0.2, 0) is 46.9 Å². The van der Waals surface area contributed by atoms with Crippen molar-refractivity contribution in [3.8, 4) is 0 Å². The zero-order valence-electron chi connectivity index (χ0n) is 68.8. The van der Waals surface area contributed by atoms with E-state index in [1.807, 2.05) is 0 Å². The average Bonchev–Trinajstić information content (AvgIpc) is 1.67. The minimum Gasteiger partial charge on any atom is -0.481 e. The van der Waals surface area contributed by atoms with Gasteiger partial charge in [0.2, 0.25) is 17.1 Å². The first-order chi connectivity index (χ1) is 52.9. The van der Waals surface area contributed by atoms with E-state index in [2.05, 4.69) is 357 Å². The third kappa shape index (κ3) is 17.5. The topological polar surface area (TPSA) is 131 Å². The number of aliphatic carboxylic acids is 3. The van der Waals surface area contributed by atoms with Crippen LogP contribution in [0.1, 0.15) is 213 Å². The number of carbonyl (C=O) groups is 3. The molecule has 0 atom stereocenters. The van der Waals surface area contributed by atoms with Crippen LogP contribution in [0, 0.1) is 0 Å². The molecule has 6 aromatic rings. The Bertz CT molecular complexity index is 4890. The van der Waals surface area contributed by atoms with Crippen LogP contribution in [-0.4, -0.2) is 105 Å². The van der Waals surface area contributed by atoms with Crippen LogP contribution < -0.4 is 14.7 Å². The third-order valence-corrected chi connectivity index (χ3v) is 24.5. The van der Waals surface area contributed by atoms with Crippen molar-refractivity contribution in [1.29, 1.82) is 0 Å². The lowest BCUT2D eigenvalue weighted by molar-refractivity contribution is -0.401. The van der Waals surface area contributed by atoms with Gasteiger partial charge in [0, 0.05) is 142 Å². The van der Waals surface area contributed by atoms with Crippen LogP contribution in [0.15, 0.2) is 253 Å². The van der Waals surface area contributed by atoms with Gasteiger partial charge in [-0.2, -0.15) is 13.7 Å². The predicted octanol–water partition coefficient (Wildman–Crippen LogP) is 22.3. The van der Waals surface area contributed by atoms with Crippen molar-refractivity contribution in [3.63, 3.8) is 0 Å². The van der Waals surface area contributed by atoms with Gasteiger partial charge < -0.3 is 30.0 Å². The number of nitrogens with zero attached hydrogens (tertiary/aromatic N) is 6. The minimum absolute atomic E-state index is 0.0136. The van der Waals surface area contributed by atoms with Crippen LogP contribution in [0.3, 0.4) is 0 Å². The standard InChI is InChI=1S/C37H44N2O2.C32H38N2O2.C30H36N2O2/c1-36(2)29-16-8-10-18-31(29)38(5)33(36)23-21-27-14-13-15-28(26-27)22-24-34-37(3,4)30-17-9-11-19-32(30)39(34)25-12-6-7-20-35(40)41;1-31(2)24-16-11-13-18-26(24)33(5)28(31)20-8-6-9-21-29-32(3,4)25-17-12-14-19-27(25)34(29)23-15-7-10-22-30(35)36;1-29(2)22-14-8-10-16-24(22)31(5)26(29)18-13-19-27-30(3,4)23-15-9-11-17-25(23)32(27)21-12-6-7-20-28(33)34/h8-11,16-19,21-24,26H,6-7,12-15,20,25H2,1-5H3;6,8-9,11-14,16-21H,7,10,15,22-23H2,1-5H3;8-11,13-19H,6-7,12,20-21H2,1-5H3/p+3. The monoisotopic (exact) mass is 1490 g/mol. The molecule has 0 saturated heterocycles. The fraction of sp³-hybridized carbons (Fsp3) is 0.394. The Kier molecular flexibility index (Phi) is 25.5. The molecule has 6 aromatic carbocycles. The summed E-state index contributed by atoms with van der Waals surface area (Å²) in [6, 6.07) is 52.0. The van der Waals surface area contributed by atoms with Gasteiger partial charge in [-0.15, -0.1) is 0 Å². The van der Waals surface area contributed by atoms with E-state index in [0.717, 1.165) is 96.7 Å². The maximum Gasteiger partial charge on any atom is 0.303 e. The molecule has 13 rings (SSSR count). The smallest absolute Gasteiger partial charge is 0.303 e. The lowest BCUT2D eigenvalue weighted by atomic mass is 9.81. The Balaban J connectivity index is 0.000000166. The highest BCUT2D eigenvalue weighted by Gasteiger charge is 2.47. The van der Waals surface area contributed by atoms with Crippen molar-refractivity contribution in [2.24, 2.45) is 0 Å². The molecule has 6 heterocycles. The molecule has 12 nitrogen and oxygen atoms in total. The Morgan fingerprint density at radius 2 is 0.667 bits per heavy atom. The first kappa shape index (κ1) is 81.8. The van der Waals surface area contributed by atoms with Crippen molar-refractivity contribution in [3.05, 3.63) is 286 Å². The number of fused-ring (bicyclic) bond motifs is 6. The van der Waals surface area contributed by atoms with Gasteiger partial charge >= 0.3 is 17.9 Å². The highest BCUT2D eigenvalue weighted by atomic mass is 16.4. The second-order valence-electron chi connectivity index (χ2n) is 34.2. The molecule has 1 aliphatic carbocycles. The van der Waals surface area contributed by atoms with Crippen LogP contribution in [0.25, 0.3) is 0 Å². The van der Waals surface area contributed by atoms with Crippen molar-refractivity contribution in [2.45, 2.75) is 212 Å². The second kappa shape index (κ2) is 34.6. The number of carboxylic acid groups (broad SMARTS) is 3. The summed E-state index contributed by atoms with van der Waals surface area (Å²) in [4.78, 5) is 40.0. The van der Waals surface area contributed by atoms with Crippen molar-refractivity contribution in [1.82, 2.24) is 0 Å². The van der Waals surface area contributed by atoms with E-state index in [1.54, 1.807) is 0 Å². The second-order valence-corrected chi connectivity index (χ2v) is 34.2. The summed E-state index contributed by atoms with van der Waals surface area (Å²) in [6.07, 6.45) is 41.3. The van der Waals surface area contributed by atoms with Crippen molar-refractivity contribution >= 4 is 69.2 Å². The molecule has 0 saturated carbocycles. The average molecular weight is 1490 g/mol. The molecule has 0 amide bonds. The van der Waals surface area contributed by atoms with Gasteiger partial charge in [-0.3, -0.25) is 14.4 Å². The van der Waals surface area contributed by atoms with E-state index in [4.69, 9.17) is 15.3 Å². The molecule has 580 valence electrons. The van der Waals surface area contributed by atoms with Gasteiger partial charge in [-0.25, -0.2) is 0 Å². The summed E-state index contributed by atoms with van der Waals surface area (Å²) in [7, 11) is 6.48. The third-order valence-electron chi connectivity index (χ3n) is 24.5. The van der Waals surface area contributed by atoms with E-state index in [0.29, 0.717) is 0 Å². The molecule has 0 radical (unpaired) electrons. The number of carboxylic acids is 3. The minimum atomic E-state index is -0.712. The first-order valence-corrected chi connectivity index (χ1v) is 40.5. The number of anilines is 3. The number of allylic oxidation sites excluding steroid dienone is 18. The summed E-state index contributed by atoms with van der Waals surface area (Å²) >= 11 is 0. The Morgan fingerprint density at radius 3 is 1.04 bits per heavy atom. The summed E-state index contributed by atoms with van der Waals surface area (Å²) in [5, 5.41) is 26.9.